The van der Waals surface area contributed by atoms with E-state index in [1.165, 1.54) is 14.0 Å². The number of carbonyl (C=O) groups is 1. The molecule has 14 N–H and O–H groups in total. The van der Waals surface area contributed by atoms with Crippen LogP contribution in [0.5, 0.6) is 0 Å². The molecule has 2 aliphatic heterocycles. The van der Waals surface area contributed by atoms with Crippen LogP contribution in [0.25, 0.3) is 0 Å². The third-order valence-electron chi connectivity index (χ3n) is 7.89. The summed E-state index contributed by atoms with van der Waals surface area (Å²) >= 11 is 0. The van der Waals surface area contributed by atoms with Crippen LogP contribution in [0, 0.1) is 0 Å². The second-order valence-corrected chi connectivity index (χ2v) is 11.2. The number of rotatable bonds is 11. The molecule has 246 valence electrons. The molecule has 3 aliphatic rings. The van der Waals surface area contributed by atoms with E-state index in [4.69, 9.17) is 30.4 Å². The van der Waals surface area contributed by atoms with Crippen LogP contribution in [0.3, 0.4) is 0 Å². The van der Waals surface area contributed by atoms with Gasteiger partial charge < -0.3 is 77.0 Å². The molecule has 0 spiro atoms. The molecule has 0 bridgehead atoms. The molecule has 18 nitrogen and oxygen atoms in total. The lowest BCUT2D eigenvalue weighted by Gasteiger charge is -2.49. The van der Waals surface area contributed by atoms with E-state index < -0.39 is 91.2 Å². The number of ether oxygens (including phenoxy) is 4. The first-order chi connectivity index (χ1) is 19.8. The number of likely N-dealkylation sites (N-methyl/N-ethyl adjacent to an activating group) is 2. The number of amides is 2. The number of urea groups is 1. The first kappa shape index (κ1) is 35.2. The Bertz CT molecular complexity index is 863. The number of aliphatic hydroxyl groups is 6. The maximum atomic E-state index is 12.6. The van der Waals surface area contributed by atoms with Crippen LogP contribution in [0.15, 0.2) is 0 Å². The Morgan fingerprint density at radius 1 is 1.05 bits per heavy atom. The summed E-state index contributed by atoms with van der Waals surface area (Å²) in [4.78, 5) is 12.6. The summed E-state index contributed by atoms with van der Waals surface area (Å²) in [6.07, 6.45) is -14.4. The molecule has 1 unspecified atom stereocenters. The highest BCUT2D eigenvalue weighted by Gasteiger charge is 2.53. The Morgan fingerprint density at radius 3 is 2.33 bits per heavy atom. The van der Waals surface area contributed by atoms with Crippen LogP contribution in [0.2, 0.25) is 0 Å². The van der Waals surface area contributed by atoms with E-state index in [9.17, 15) is 40.6 Å². The van der Waals surface area contributed by atoms with Crippen molar-refractivity contribution in [1.82, 2.24) is 21.0 Å². The molecule has 3 rings (SSSR count). The molecule has 0 aromatic heterocycles. The molecule has 0 aromatic rings. The van der Waals surface area contributed by atoms with Gasteiger partial charge in [-0.2, -0.15) is 0 Å². The van der Waals surface area contributed by atoms with Crippen LogP contribution in [-0.4, -0.2) is 172 Å². The zero-order valence-corrected chi connectivity index (χ0v) is 24.0. The van der Waals surface area contributed by atoms with Gasteiger partial charge in [-0.05, 0) is 26.9 Å². The monoisotopic (exact) mass is 612 g/mol. The average Bonchev–Trinajstić information content (AvgIpc) is 2.93. The number of aliphatic hydroxyl groups excluding tert-OH is 5. The van der Waals surface area contributed by atoms with Gasteiger partial charge in [0, 0.05) is 19.1 Å². The van der Waals surface area contributed by atoms with Crippen molar-refractivity contribution >= 4 is 6.03 Å². The number of nitrogens with two attached hydrogens (primary N) is 2. The fourth-order valence-electron chi connectivity index (χ4n) is 5.55. The zero-order valence-electron chi connectivity index (χ0n) is 24.0. The standard InChI is InChI=1S/C24H48N6O12/c1-4-28-8-12-13(31)14(32)15(33)22(40-12)41-18-10(26)7-11(29-23(36)30(38)6-5-25)19(16(18)34)42-21-17(35)20(27-3)24(2,37)9-39-21/h10-22,27-28,31-35,37-38H,4-9,25-26H2,1-3H3,(H,29,36)/t10-,11+,12+,13+,14-,15+,16-,17+,18?,19-,20+,21+,22+,24-/m0/s1. The molecule has 1 aliphatic carbocycles. The Kier molecular flexibility index (Phi) is 12.6. The maximum Gasteiger partial charge on any atom is 0.341 e. The van der Waals surface area contributed by atoms with E-state index in [1.54, 1.807) is 0 Å². The van der Waals surface area contributed by atoms with E-state index in [0.717, 1.165) is 0 Å². The summed E-state index contributed by atoms with van der Waals surface area (Å²) in [7, 11) is 1.53. The maximum absolute atomic E-state index is 12.6. The molecular weight excluding hydrogens is 564 g/mol. The summed E-state index contributed by atoms with van der Waals surface area (Å²) < 4.78 is 23.2. The van der Waals surface area contributed by atoms with Crippen LogP contribution in [0.4, 0.5) is 4.79 Å². The minimum Gasteiger partial charge on any atom is -0.388 e. The van der Waals surface area contributed by atoms with Gasteiger partial charge in [-0.3, -0.25) is 5.21 Å². The molecule has 2 heterocycles. The third kappa shape index (κ3) is 7.84. The van der Waals surface area contributed by atoms with E-state index >= 15 is 0 Å². The Labute approximate surface area is 243 Å². The fraction of sp³-hybridized carbons (Fsp3) is 0.958. The molecule has 42 heavy (non-hydrogen) atoms. The molecule has 18 heteroatoms. The van der Waals surface area contributed by atoms with Gasteiger partial charge in [-0.25, -0.2) is 9.86 Å². The van der Waals surface area contributed by atoms with E-state index in [0.29, 0.717) is 11.6 Å². The predicted molar refractivity (Wildman–Crippen MR) is 143 cm³/mol. The lowest BCUT2D eigenvalue weighted by Crippen LogP contribution is -2.70. The largest absolute Gasteiger partial charge is 0.388 e. The first-order valence-electron chi connectivity index (χ1n) is 14.1. The van der Waals surface area contributed by atoms with E-state index in [-0.39, 0.29) is 32.7 Å². The van der Waals surface area contributed by atoms with Crippen molar-refractivity contribution in [2.45, 2.75) is 105 Å². The minimum absolute atomic E-state index is 0.0287. The van der Waals surface area contributed by atoms with Crippen LogP contribution >= 0.6 is 0 Å². The van der Waals surface area contributed by atoms with Crippen molar-refractivity contribution in [3.05, 3.63) is 0 Å². The molecule has 1 saturated carbocycles. The number of hydrogen-bond donors (Lipinski definition) is 12. The second-order valence-electron chi connectivity index (χ2n) is 11.2. The molecule has 0 aromatic carbocycles. The summed E-state index contributed by atoms with van der Waals surface area (Å²) in [5.41, 5.74) is 10.3. The fourth-order valence-corrected chi connectivity index (χ4v) is 5.55. The topological polar surface area (TPSA) is 287 Å². The predicted octanol–water partition coefficient (Wildman–Crippen LogP) is -5.95. The highest BCUT2D eigenvalue weighted by Crippen LogP contribution is 2.32. The molecule has 2 saturated heterocycles. The van der Waals surface area contributed by atoms with Gasteiger partial charge in [-0.1, -0.05) is 6.92 Å². The van der Waals surface area contributed by atoms with Crippen molar-refractivity contribution in [3.8, 4) is 0 Å². The number of carbonyl (C=O) groups excluding carboxylic acids is 1. The van der Waals surface area contributed by atoms with Crippen LogP contribution in [0.1, 0.15) is 20.3 Å². The van der Waals surface area contributed by atoms with Crippen LogP contribution < -0.4 is 27.4 Å². The molecule has 3 fully saturated rings. The minimum atomic E-state index is -1.70. The SMILES string of the molecule is CCNC[C@H]1O[C@H](OC2[C@@H](N)C[C@@H](NC(=O)N(O)CCN)[C@H](O[C@H]3OC[C@](C)(O)[C@H](NC)[C@H]3O)[C@H]2O)[C@H](O)[C@@H](O)[C@@H]1O. The summed E-state index contributed by atoms with van der Waals surface area (Å²) in [6, 6.07) is -3.88. The van der Waals surface area contributed by atoms with Gasteiger partial charge in [0.15, 0.2) is 12.6 Å². The van der Waals surface area contributed by atoms with Gasteiger partial charge in [0.1, 0.15) is 54.4 Å². The van der Waals surface area contributed by atoms with Gasteiger partial charge in [0.2, 0.25) is 0 Å². The summed E-state index contributed by atoms with van der Waals surface area (Å²) in [5, 5.41) is 82.9. The lowest BCUT2D eigenvalue weighted by molar-refractivity contribution is -0.330. The number of nitrogens with zero attached hydrogens (tertiary/aromatic N) is 1. The molecular formula is C24H48N6O12. The molecule has 2 amide bonds. The Balaban J connectivity index is 1.84. The summed E-state index contributed by atoms with van der Waals surface area (Å²) in [6.45, 7) is 3.52. The third-order valence-corrected chi connectivity index (χ3v) is 7.89. The van der Waals surface area contributed by atoms with Crippen LogP contribution in [-0.2, 0) is 18.9 Å². The van der Waals surface area contributed by atoms with Gasteiger partial charge in [-0.15, -0.1) is 0 Å². The lowest BCUT2D eigenvalue weighted by atomic mass is 9.83. The van der Waals surface area contributed by atoms with E-state index in [1.807, 2.05) is 6.92 Å². The van der Waals surface area contributed by atoms with Crippen molar-refractivity contribution in [1.29, 1.82) is 0 Å². The van der Waals surface area contributed by atoms with Gasteiger partial charge in [0.05, 0.1) is 25.2 Å². The molecule has 14 atom stereocenters. The van der Waals surface area contributed by atoms with Crippen molar-refractivity contribution < 1.29 is 59.6 Å². The smallest absolute Gasteiger partial charge is 0.341 e. The number of hydrogen-bond acceptors (Lipinski definition) is 16. The quantitative estimate of drug-likeness (QED) is 0.0764. The summed E-state index contributed by atoms with van der Waals surface area (Å²) in [5.74, 6) is 0. The second kappa shape index (κ2) is 15.1. The van der Waals surface area contributed by atoms with E-state index in [2.05, 4.69) is 16.0 Å². The first-order valence-corrected chi connectivity index (χ1v) is 14.1. The van der Waals surface area contributed by atoms with Crippen molar-refractivity contribution in [2.75, 3.05) is 39.8 Å². The Hall–Kier alpha value is -1.33. The molecule has 0 radical (unpaired) electrons. The van der Waals surface area contributed by atoms with Crippen molar-refractivity contribution in [3.63, 3.8) is 0 Å². The number of hydroxylamine groups is 2. The highest BCUT2D eigenvalue weighted by molar-refractivity contribution is 5.73. The van der Waals surface area contributed by atoms with Gasteiger partial charge >= 0.3 is 6.03 Å². The Morgan fingerprint density at radius 2 is 1.71 bits per heavy atom. The van der Waals surface area contributed by atoms with Crippen molar-refractivity contribution in [2.24, 2.45) is 11.5 Å². The van der Waals surface area contributed by atoms with Gasteiger partial charge in [0.25, 0.3) is 0 Å². The normalized spacial score (nSPS) is 44.5. The zero-order chi connectivity index (χ0) is 31.4. The highest BCUT2D eigenvalue weighted by atomic mass is 16.7. The average molecular weight is 613 g/mol. The number of nitrogens with one attached hydrogen (secondary N) is 3.